The van der Waals surface area contributed by atoms with Gasteiger partial charge in [-0.25, -0.2) is 0 Å². The Morgan fingerprint density at radius 1 is 1.35 bits per heavy atom. The quantitative estimate of drug-likeness (QED) is 0.898. The van der Waals surface area contributed by atoms with E-state index in [0.717, 1.165) is 0 Å². The second kappa shape index (κ2) is 7.64. The summed E-state index contributed by atoms with van der Waals surface area (Å²) in [5.41, 5.74) is 1.15. The number of benzene rings is 1. The Labute approximate surface area is 140 Å². The molecule has 1 aliphatic heterocycles. The summed E-state index contributed by atoms with van der Waals surface area (Å²) >= 11 is 1.25. The number of nitrogens with zero attached hydrogens (tertiary/aromatic N) is 1. The van der Waals surface area contributed by atoms with E-state index in [-0.39, 0.29) is 28.9 Å². The van der Waals surface area contributed by atoms with Crippen LogP contribution in [-0.4, -0.2) is 35.3 Å². The molecule has 1 aliphatic rings. The molecule has 124 valence electrons. The predicted octanol–water partition coefficient (Wildman–Crippen LogP) is 2.46. The Kier molecular flexibility index (Phi) is 5.82. The molecule has 0 bridgehead atoms. The van der Waals surface area contributed by atoms with Crippen LogP contribution in [0.4, 0.5) is 5.69 Å². The van der Waals surface area contributed by atoms with Crippen molar-refractivity contribution in [1.29, 1.82) is 0 Å². The summed E-state index contributed by atoms with van der Waals surface area (Å²) in [6, 6.07) is 7.19. The van der Waals surface area contributed by atoms with E-state index in [4.69, 9.17) is 0 Å². The van der Waals surface area contributed by atoms with Crippen LogP contribution in [0.3, 0.4) is 0 Å². The maximum Gasteiger partial charge on any atom is 0.253 e. The Morgan fingerprint density at radius 2 is 2.04 bits per heavy atom. The highest BCUT2D eigenvalue weighted by Crippen LogP contribution is 2.30. The molecule has 1 aromatic rings. The fourth-order valence-electron chi connectivity index (χ4n) is 2.60. The molecule has 23 heavy (non-hydrogen) atoms. The predicted molar refractivity (Wildman–Crippen MR) is 92.6 cm³/mol. The SMILES string of the molecule is CC(=O)SCC1CC(=O)N(c2ccccc2C(=O)NC(C)C)C1. The van der Waals surface area contributed by atoms with Gasteiger partial charge < -0.3 is 10.2 Å². The van der Waals surface area contributed by atoms with Crippen LogP contribution in [0, 0.1) is 5.92 Å². The van der Waals surface area contributed by atoms with Gasteiger partial charge >= 0.3 is 0 Å². The summed E-state index contributed by atoms with van der Waals surface area (Å²) in [5.74, 6) is 0.601. The van der Waals surface area contributed by atoms with Crippen LogP contribution in [0.5, 0.6) is 0 Å². The molecule has 1 fully saturated rings. The summed E-state index contributed by atoms with van der Waals surface area (Å²) in [4.78, 5) is 37.4. The summed E-state index contributed by atoms with van der Waals surface area (Å²) in [7, 11) is 0. The third kappa shape index (κ3) is 4.58. The maximum absolute atomic E-state index is 12.3. The van der Waals surface area contributed by atoms with E-state index in [1.54, 1.807) is 23.1 Å². The fraction of sp³-hybridized carbons (Fsp3) is 0.471. The Balaban J connectivity index is 2.17. The number of nitrogens with one attached hydrogen (secondary N) is 1. The van der Waals surface area contributed by atoms with Gasteiger partial charge in [0.25, 0.3) is 5.91 Å². The van der Waals surface area contributed by atoms with E-state index in [1.807, 2.05) is 19.9 Å². The van der Waals surface area contributed by atoms with E-state index in [1.165, 1.54) is 18.7 Å². The number of amides is 2. The van der Waals surface area contributed by atoms with Gasteiger partial charge in [0, 0.05) is 31.7 Å². The lowest BCUT2D eigenvalue weighted by molar-refractivity contribution is -0.117. The topological polar surface area (TPSA) is 66.5 Å². The first-order valence-electron chi connectivity index (χ1n) is 7.72. The molecule has 0 saturated carbocycles. The number of hydrogen-bond acceptors (Lipinski definition) is 4. The van der Waals surface area contributed by atoms with Gasteiger partial charge in [-0.15, -0.1) is 0 Å². The molecule has 0 spiro atoms. The van der Waals surface area contributed by atoms with Crippen molar-refractivity contribution in [2.24, 2.45) is 5.92 Å². The van der Waals surface area contributed by atoms with Crippen molar-refractivity contribution in [3.8, 4) is 0 Å². The monoisotopic (exact) mass is 334 g/mol. The van der Waals surface area contributed by atoms with Crippen molar-refractivity contribution in [1.82, 2.24) is 5.32 Å². The maximum atomic E-state index is 12.3. The third-order valence-corrected chi connectivity index (χ3v) is 4.63. The van der Waals surface area contributed by atoms with E-state index < -0.39 is 0 Å². The molecule has 1 heterocycles. The molecule has 1 aromatic carbocycles. The average Bonchev–Trinajstić information content (AvgIpc) is 2.85. The molecule has 1 N–H and O–H groups in total. The lowest BCUT2D eigenvalue weighted by Crippen LogP contribution is -2.33. The largest absolute Gasteiger partial charge is 0.350 e. The molecule has 2 rings (SSSR count). The minimum atomic E-state index is -0.176. The minimum Gasteiger partial charge on any atom is -0.350 e. The van der Waals surface area contributed by atoms with Crippen LogP contribution >= 0.6 is 11.8 Å². The van der Waals surface area contributed by atoms with E-state index >= 15 is 0 Å². The first-order valence-corrected chi connectivity index (χ1v) is 8.70. The van der Waals surface area contributed by atoms with Crippen LogP contribution in [0.2, 0.25) is 0 Å². The van der Waals surface area contributed by atoms with Crippen LogP contribution < -0.4 is 10.2 Å². The van der Waals surface area contributed by atoms with Gasteiger partial charge in [0.05, 0.1) is 11.3 Å². The molecular formula is C17H22N2O3S. The Hall–Kier alpha value is -1.82. The Morgan fingerprint density at radius 3 is 2.70 bits per heavy atom. The molecule has 5 nitrogen and oxygen atoms in total. The summed E-state index contributed by atoms with van der Waals surface area (Å²) < 4.78 is 0. The van der Waals surface area contributed by atoms with Gasteiger partial charge in [-0.1, -0.05) is 23.9 Å². The first-order chi connectivity index (χ1) is 10.9. The second-order valence-electron chi connectivity index (χ2n) is 6.02. The lowest BCUT2D eigenvalue weighted by atomic mass is 10.1. The second-order valence-corrected chi connectivity index (χ2v) is 7.22. The van der Waals surface area contributed by atoms with Crippen LogP contribution in [0.15, 0.2) is 24.3 Å². The van der Waals surface area contributed by atoms with Gasteiger partial charge in [0.15, 0.2) is 5.12 Å². The summed E-state index contributed by atoms with van der Waals surface area (Å²) in [6.45, 7) is 5.88. The smallest absolute Gasteiger partial charge is 0.253 e. The van der Waals surface area contributed by atoms with Gasteiger partial charge in [-0.3, -0.25) is 14.4 Å². The zero-order valence-electron chi connectivity index (χ0n) is 13.7. The molecular weight excluding hydrogens is 312 g/mol. The zero-order chi connectivity index (χ0) is 17.0. The average molecular weight is 334 g/mol. The van der Waals surface area contributed by atoms with Crippen LogP contribution in [0.25, 0.3) is 0 Å². The molecule has 1 atom stereocenters. The van der Waals surface area contributed by atoms with E-state index in [9.17, 15) is 14.4 Å². The lowest BCUT2D eigenvalue weighted by Gasteiger charge is -2.20. The highest BCUT2D eigenvalue weighted by Gasteiger charge is 2.32. The number of hydrogen-bond donors (Lipinski definition) is 1. The highest BCUT2D eigenvalue weighted by atomic mass is 32.2. The van der Waals surface area contributed by atoms with Gasteiger partial charge in [0.2, 0.25) is 5.91 Å². The number of anilines is 1. The number of carbonyl (C=O) groups is 3. The Bertz CT molecular complexity index is 616. The van der Waals surface area contributed by atoms with Crippen molar-refractivity contribution in [2.75, 3.05) is 17.2 Å². The van der Waals surface area contributed by atoms with Gasteiger partial charge in [0.1, 0.15) is 0 Å². The fourth-order valence-corrected chi connectivity index (χ4v) is 3.30. The summed E-state index contributed by atoms with van der Waals surface area (Å²) in [5, 5.41) is 2.93. The number of carbonyl (C=O) groups excluding carboxylic acids is 3. The highest BCUT2D eigenvalue weighted by molar-refractivity contribution is 8.13. The third-order valence-electron chi connectivity index (χ3n) is 3.59. The van der Waals surface area contributed by atoms with Crippen molar-refractivity contribution in [2.45, 2.75) is 33.2 Å². The molecule has 1 saturated heterocycles. The minimum absolute atomic E-state index is 0.00366. The molecule has 1 unspecified atom stereocenters. The van der Waals surface area contributed by atoms with Crippen molar-refractivity contribution in [3.05, 3.63) is 29.8 Å². The zero-order valence-corrected chi connectivity index (χ0v) is 14.5. The molecule has 0 aromatic heterocycles. The molecule has 2 amide bonds. The number of para-hydroxylation sites is 1. The molecule has 0 radical (unpaired) electrons. The van der Waals surface area contributed by atoms with Crippen molar-refractivity contribution >= 4 is 34.4 Å². The van der Waals surface area contributed by atoms with Gasteiger partial charge in [-0.05, 0) is 31.9 Å². The summed E-state index contributed by atoms with van der Waals surface area (Å²) in [6.07, 6.45) is 0.417. The number of rotatable bonds is 5. The molecule has 0 aliphatic carbocycles. The van der Waals surface area contributed by atoms with E-state index in [2.05, 4.69) is 5.32 Å². The number of thioether (sulfide) groups is 1. The van der Waals surface area contributed by atoms with Crippen molar-refractivity contribution < 1.29 is 14.4 Å². The molecule has 6 heteroatoms. The van der Waals surface area contributed by atoms with Crippen LogP contribution in [0.1, 0.15) is 37.6 Å². The van der Waals surface area contributed by atoms with Crippen molar-refractivity contribution in [3.63, 3.8) is 0 Å². The first kappa shape index (κ1) is 17.5. The standard InChI is InChI=1S/C17H22N2O3S/c1-11(2)18-17(22)14-6-4-5-7-15(14)19-9-13(8-16(19)21)10-23-12(3)20/h4-7,11,13H,8-10H2,1-3H3,(H,18,22). The van der Waals surface area contributed by atoms with E-state index in [0.29, 0.717) is 30.0 Å². The normalized spacial score (nSPS) is 17.7. The van der Waals surface area contributed by atoms with Gasteiger partial charge in [-0.2, -0.15) is 0 Å². The van der Waals surface area contributed by atoms with Crippen LogP contribution in [-0.2, 0) is 9.59 Å².